The first-order chi connectivity index (χ1) is 14.3. The Morgan fingerprint density at radius 3 is 2.70 bits per heavy atom. The number of allylic oxidation sites excluding steroid dienone is 1. The number of thiocarbonyl (C=S) groups is 1. The normalized spacial score (nSPS) is 16.4. The van der Waals surface area contributed by atoms with Crippen LogP contribution >= 0.6 is 23.8 Å². The molecule has 1 aliphatic heterocycles. The van der Waals surface area contributed by atoms with Crippen LogP contribution in [-0.4, -0.2) is 29.9 Å². The molecule has 30 heavy (non-hydrogen) atoms. The Hall–Kier alpha value is -2.84. The van der Waals surface area contributed by atoms with Gasteiger partial charge in [0.2, 0.25) is 0 Å². The Kier molecular flexibility index (Phi) is 6.48. The van der Waals surface area contributed by atoms with E-state index in [1.807, 2.05) is 0 Å². The van der Waals surface area contributed by atoms with E-state index in [1.54, 1.807) is 30.9 Å². The summed E-state index contributed by atoms with van der Waals surface area (Å²) in [7, 11) is 1.29. The van der Waals surface area contributed by atoms with Crippen molar-refractivity contribution in [3.8, 4) is 11.5 Å². The zero-order valence-electron chi connectivity index (χ0n) is 16.5. The lowest BCUT2D eigenvalue weighted by atomic mass is 9.94. The van der Waals surface area contributed by atoms with E-state index < -0.39 is 17.8 Å². The number of hydrogen-bond donors (Lipinski definition) is 2. The van der Waals surface area contributed by atoms with Crippen LogP contribution in [0.4, 0.5) is 10.1 Å². The average molecular weight is 451 g/mol. The van der Waals surface area contributed by atoms with Crippen molar-refractivity contribution in [2.24, 2.45) is 0 Å². The largest absolute Gasteiger partial charge is 0.504 e. The second-order valence-corrected chi connectivity index (χ2v) is 7.26. The van der Waals surface area contributed by atoms with Crippen LogP contribution in [-0.2, 0) is 9.53 Å². The summed E-state index contributed by atoms with van der Waals surface area (Å²) in [5.74, 6) is -0.840. The molecule has 0 radical (unpaired) electrons. The van der Waals surface area contributed by atoms with Gasteiger partial charge in [-0.2, -0.15) is 0 Å². The van der Waals surface area contributed by atoms with Gasteiger partial charge in [0, 0.05) is 11.4 Å². The van der Waals surface area contributed by atoms with Crippen molar-refractivity contribution >= 4 is 40.6 Å². The minimum Gasteiger partial charge on any atom is -0.504 e. The number of aromatic hydroxyl groups is 1. The second-order valence-electron chi connectivity index (χ2n) is 6.47. The number of phenols is 1. The van der Waals surface area contributed by atoms with Gasteiger partial charge in [0.05, 0.1) is 30.4 Å². The summed E-state index contributed by atoms with van der Waals surface area (Å²) in [6.07, 6.45) is 0. The van der Waals surface area contributed by atoms with E-state index in [0.29, 0.717) is 34.2 Å². The number of carbonyl (C=O) groups is 1. The zero-order chi connectivity index (χ0) is 22.0. The third-order valence-electron chi connectivity index (χ3n) is 4.67. The number of halogens is 2. The molecule has 0 amide bonds. The predicted octanol–water partition coefficient (Wildman–Crippen LogP) is 4.47. The third kappa shape index (κ3) is 4.06. The maximum atomic E-state index is 13.6. The highest BCUT2D eigenvalue weighted by Gasteiger charge is 2.35. The molecule has 1 heterocycles. The monoisotopic (exact) mass is 450 g/mol. The number of nitrogens with zero attached hydrogens (tertiary/aromatic N) is 1. The van der Waals surface area contributed by atoms with Crippen molar-refractivity contribution in [1.82, 2.24) is 5.32 Å². The fourth-order valence-electron chi connectivity index (χ4n) is 3.28. The fourth-order valence-corrected chi connectivity index (χ4v) is 3.82. The van der Waals surface area contributed by atoms with Gasteiger partial charge >= 0.3 is 5.97 Å². The SMILES string of the molecule is CCOc1cc([C@H]2NC(=S)N(c3ccc(F)c(Cl)c3)C(C)=C2C(=O)OC)ccc1O. The first kappa shape index (κ1) is 21.9. The van der Waals surface area contributed by atoms with Gasteiger partial charge in [-0.1, -0.05) is 17.7 Å². The fraction of sp³-hybridized carbons (Fsp3) is 0.238. The molecule has 0 saturated carbocycles. The van der Waals surface area contributed by atoms with E-state index in [2.05, 4.69) is 5.32 Å². The molecule has 0 fully saturated rings. The molecule has 0 aromatic heterocycles. The van der Waals surface area contributed by atoms with Crippen molar-refractivity contribution in [2.45, 2.75) is 19.9 Å². The summed E-state index contributed by atoms with van der Waals surface area (Å²) < 4.78 is 24.1. The molecule has 0 bridgehead atoms. The molecule has 2 aromatic rings. The Labute approximate surface area is 183 Å². The number of phenolic OH excluding ortho intramolecular Hbond substituents is 1. The molecule has 3 rings (SSSR count). The number of methoxy groups -OCH3 is 1. The molecule has 0 saturated heterocycles. The number of ether oxygens (including phenoxy) is 2. The van der Waals surface area contributed by atoms with Crippen molar-refractivity contribution in [1.29, 1.82) is 0 Å². The highest BCUT2D eigenvalue weighted by Crippen LogP contribution is 2.37. The molecule has 2 aromatic carbocycles. The van der Waals surface area contributed by atoms with Gasteiger partial charge in [-0.05, 0) is 62.0 Å². The smallest absolute Gasteiger partial charge is 0.337 e. The Morgan fingerprint density at radius 1 is 1.33 bits per heavy atom. The molecule has 1 atom stereocenters. The molecule has 0 unspecified atom stereocenters. The molecule has 1 aliphatic rings. The zero-order valence-corrected chi connectivity index (χ0v) is 18.1. The van der Waals surface area contributed by atoms with E-state index in [1.165, 1.54) is 31.4 Å². The summed E-state index contributed by atoms with van der Waals surface area (Å²) >= 11 is 11.5. The van der Waals surface area contributed by atoms with E-state index in [0.717, 1.165) is 0 Å². The van der Waals surface area contributed by atoms with Crippen LogP contribution in [0, 0.1) is 5.82 Å². The third-order valence-corrected chi connectivity index (χ3v) is 5.26. The lowest BCUT2D eigenvalue weighted by Gasteiger charge is -2.37. The van der Waals surface area contributed by atoms with Gasteiger partial charge in [0.25, 0.3) is 0 Å². The predicted molar refractivity (Wildman–Crippen MR) is 116 cm³/mol. The molecular weight excluding hydrogens is 431 g/mol. The molecule has 6 nitrogen and oxygen atoms in total. The standard InChI is InChI=1S/C21H20ClFN2O4S/c1-4-29-17-9-12(5-8-16(17)26)19-18(20(27)28-3)11(2)25(21(30)24-19)13-6-7-15(23)14(22)10-13/h5-10,19,26H,4H2,1-3H3,(H,24,30)/t19-/m1/s1. The number of nitrogens with one attached hydrogen (secondary N) is 1. The minimum atomic E-state index is -0.642. The molecule has 0 spiro atoms. The van der Waals surface area contributed by atoms with Crippen LogP contribution in [0.15, 0.2) is 47.7 Å². The van der Waals surface area contributed by atoms with Gasteiger partial charge < -0.3 is 19.9 Å². The number of carbonyl (C=O) groups excluding carboxylic acids is 1. The summed E-state index contributed by atoms with van der Waals surface area (Å²) in [5.41, 5.74) is 1.95. The number of rotatable bonds is 5. The van der Waals surface area contributed by atoms with Gasteiger partial charge in [0.1, 0.15) is 5.82 Å². The first-order valence-corrected chi connectivity index (χ1v) is 9.87. The molecule has 2 N–H and O–H groups in total. The van der Waals surface area contributed by atoms with E-state index >= 15 is 0 Å². The van der Waals surface area contributed by atoms with Crippen molar-refractivity contribution in [3.63, 3.8) is 0 Å². The number of anilines is 1. The van der Waals surface area contributed by atoms with Crippen LogP contribution < -0.4 is 15.0 Å². The van der Waals surface area contributed by atoms with Crippen molar-refractivity contribution in [2.75, 3.05) is 18.6 Å². The van der Waals surface area contributed by atoms with Crippen LogP contribution in [0.1, 0.15) is 25.5 Å². The van der Waals surface area contributed by atoms with Gasteiger partial charge in [-0.3, -0.25) is 4.90 Å². The molecule has 158 valence electrons. The number of benzene rings is 2. The van der Waals surface area contributed by atoms with Crippen molar-refractivity contribution < 1.29 is 23.8 Å². The lowest BCUT2D eigenvalue weighted by Crippen LogP contribution is -2.48. The van der Waals surface area contributed by atoms with E-state index in [4.69, 9.17) is 33.3 Å². The highest BCUT2D eigenvalue weighted by molar-refractivity contribution is 7.80. The highest BCUT2D eigenvalue weighted by atomic mass is 35.5. The maximum Gasteiger partial charge on any atom is 0.337 e. The summed E-state index contributed by atoms with van der Waals surface area (Å²) in [5, 5.41) is 13.4. The summed E-state index contributed by atoms with van der Waals surface area (Å²) in [4.78, 5) is 14.3. The Bertz CT molecular complexity index is 1040. The van der Waals surface area contributed by atoms with Gasteiger partial charge in [0.15, 0.2) is 16.6 Å². The summed E-state index contributed by atoms with van der Waals surface area (Å²) in [6.45, 7) is 3.88. The molecular formula is C21H20ClFN2O4S. The maximum absolute atomic E-state index is 13.6. The van der Waals surface area contributed by atoms with Gasteiger partial charge in [-0.25, -0.2) is 9.18 Å². The van der Waals surface area contributed by atoms with Crippen LogP contribution in [0.3, 0.4) is 0 Å². The average Bonchev–Trinajstić information content (AvgIpc) is 2.71. The summed E-state index contributed by atoms with van der Waals surface area (Å²) in [6, 6.07) is 8.32. The van der Waals surface area contributed by atoms with Crippen LogP contribution in [0.5, 0.6) is 11.5 Å². The molecule has 9 heteroatoms. The first-order valence-electron chi connectivity index (χ1n) is 9.09. The number of hydrogen-bond acceptors (Lipinski definition) is 5. The number of esters is 1. The lowest BCUT2D eigenvalue weighted by molar-refractivity contribution is -0.136. The Morgan fingerprint density at radius 2 is 2.07 bits per heavy atom. The topological polar surface area (TPSA) is 71.0 Å². The van der Waals surface area contributed by atoms with Gasteiger partial charge in [-0.15, -0.1) is 0 Å². The van der Waals surface area contributed by atoms with Crippen LogP contribution in [0.25, 0.3) is 0 Å². The Balaban J connectivity index is 2.14. The quantitative estimate of drug-likeness (QED) is 0.514. The van der Waals surface area contributed by atoms with Crippen LogP contribution in [0.2, 0.25) is 5.02 Å². The van der Waals surface area contributed by atoms with E-state index in [-0.39, 0.29) is 16.5 Å². The van der Waals surface area contributed by atoms with Crippen molar-refractivity contribution in [3.05, 3.63) is 64.1 Å². The van der Waals surface area contributed by atoms with E-state index in [9.17, 15) is 14.3 Å². The molecule has 0 aliphatic carbocycles. The second kappa shape index (κ2) is 8.89. The minimum absolute atomic E-state index is 0.0121.